The quantitative estimate of drug-likeness (QED) is 0.626. The Morgan fingerprint density at radius 1 is 0.879 bits per heavy atom. The second-order valence-corrected chi connectivity index (χ2v) is 8.36. The van der Waals surface area contributed by atoms with E-state index in [0.29, 0.717) is 32.7 Å². The molecule has 10 nitrogen and oxygen atoms in total. The molecule has 4 heterocycles. The molecule has 0 aromatic heterocycles. The zero-order valence-electron chi connectivity index (χ0n) is 18.5. The summed E-state index contributed by atoms with van der Waals surface area (Å²) < 4.78 is 0. The molecule has 0 spiro atoms. The van der Waals surface area contributed by atoms with Gasteiger partial charge in [-0.25, -0.2) is 14.8 Å². The standard InChI is InChI=1S/C23H28N8O2/c32-20(29-12-14-31(15-13-29)23(33)27-18-4-2-1-3-5-18)16-28-8-10-30(11-9-28)22-19-6-7-24-21(19)25-17-26-22/h1-7,17H,8-16H2,(H,27,33)(H,24,25,26). The number of piperazine rings is 2. The molecule has 0 saturated carbocycles. The van der Waals surface area contributed by atoms with Crippen molar-refractivity contribution in [2.24, 2.45) is 0 Å². The number of carbonyl (C=O) groups excluding carboxylic acids is 2. The van der Waals surface area contributed by atoms with Crippen LogP contribution in [-0.4, -0.2) is 100 Å². The first-order chi connectivity index (χ1) is 16.2. The second kappa shape index (κ2) is 9.45. The summed E-state index contributed by atoms with van der Waals surface area (Å²) in [6.07, 6.45) is 3.46. The van der Waals surface area contributed by atoms with Gasteiger partial charge >= 0.3 is 6.03 Å². The molecule has 0 atom stereocenters. The molecule has 0 bridgehead atoms. The monoisotopic (exact) mass is 448 g/mol. The Bertz CT molecular complexity index is 1060. The summed E-state index contributed by atoms with van der Waals surface area (Å²) in [6.45, 7) is 5.86. The number of anilines is 2. The van der Waals surface area contributed by atoms with Gasteiger partial charge in [-0.05, 0) is 18.2 Å². The fraction of sp³-hybridized carbons (Fsp3) is 0.391. The minimum Gasteiger partial charge on any atom is -0.353 e. The third-order valence-corrected chi connectivity index (χ3v) is 6.30. The number of hydrogen-bond donors (Lipinski definition) is 2. The van der Waals surface area contributed by atoms with Crippen molar-refractivity contribution in [3.63, 3.8) is 0 Å². The van der Waals surface area contributed by atoms with Gasteiger partial charge in [0.2, 0.25) is 5.91 Å². The maximum Gasteiger partial charge on any atom is 0.321 e. The zero-order chi connectivity index (χ0) is 22.6. The van der Waals surface area contributed by atoms with Crippen molar-refractivity contribution in [1.29, 1.82) is 0 Å². The molecule has 10 heteroatoms. The van der Waals surface area contributed by atoms with Gasteiger partial charge in [-0.1, -0.05) is 18.2 Å². The number of nitrogens with zero attached hydrogens (tertiary/aromatic N) is 6. The first-order valence-corrected chi connectivity index (χ1v) is 11.3. The molecule has 0 unspecified atom stereocenters. The summed E-state index contributed by atoms with van der Waals surface area (Å²) in [4.78, 5) is 45.3. The van der Waals surface area contributed by atoms with Crippen LogP contribution in [0.2, 0.25) is 0 Å². The van der Waals surface area contributed by atoms with E-state index in [0.717, 1.165) is 49.1 Å². The minimum absolute atomic E-state index is 0.120. The topological polar surface area (TPSA) is 101 Å². The fourth-order valence-corrected chi connectivity index (χ4v) is 4.40. The normalized spacial score (nSPS) is 17.4. The van der Waals surface area contributed by atoms with Crippen molar-refractivity contribution in [1.82, 2.24) is 29.7 Å². The molecule has 4 aliphatic rings. The van der Waals surface area contributed by atoms with Gasteiger partial charge in [-0.3, -0.25) is 9.69 Å². The van der Waals surface area contributed by atoms with Crippen molar-refractivity contribution >= 4 is 23.4 Å². The lowest BCUT2D eigenvalue weighted by Gasteiger charge is -2.38. The Morgan fingerprint density at radius 3 is 2.36 bits per heavy atom. The Kier molecular flexibility index (Phi) is 6.07. The number of H-pyrrole nitrogens is 1. The Morgan fingerprint density at radius 2 is 1.61 bits per heavy atom. The largest absolute Gasteiger partial charge is 0.353 e. The number of rotatable bonds is 4. The summed E-state index contributed by atoms with van der Waals surface area (Å²) in [6, 6.07) is 11.3. The summed E-state index contributed by atoms with van der Waals surface area (Å²) in [7, 11) is 0. The van der Waals surface area contributed by atoms with Gasteiger partial charge in [0, 0.05) is 64.2 Å². The first kappa shape index (κ1) is 21.2. The molecule has 5 rings (SSSR count). The van der Waals surface area contributed by atoms with E-state index in [1.807, 2.05) is 41.3 Å². The molecule has 1 aromatic carbocycles. The predicted octanol–water partition coefficient (Wildman–Crippen LogP) is 1.41. The summed E-state index contributed by atoms with van der Waals surface area (Å²) in [5.74, 6) is 1.91. The van der Waals surface area contributed by atoms with E-state index in [-0.39, 0.29) is 11.9 Å². The zero-order valence-corrected chi connectivity index (χ0v) is 18.5. The third kappa shape index (κ3) is 4.75. The first-order valence-electron chi connectivity index (χ1n) is 11.3. The van der Waals surface area contributed by atoms with Gasteiger partial charge in [0.25, 0.3) is 0 Å². The number of aromatic amines is 1. The van der Waals surface area contributed by atoms with Crippen molar-refractivity contribution in [2.45, 2.75) is 0 Å². The minimum atomic E-state index is -0.120. The van der Waals surface area contributed by atoms with Gasteiger partial charge in [0.15, 0.2) is 0 Å². The van der Waals surface area contributed by atoms with Crippen LogP contribution in [0, 0.1) is 0 Å². The van der Waals surface area contributed by atoms with Crippen molar-refractivity contribution in [3.05, 3.63) is 48.9 Å². The number of hydrogen-bond acceptors (Lipinski definition) is 6. The number of para-hydroxylation sites is 1. The van der Waals surface area contributed by atoms with Gasteiger partial charge in [0.1, 0.15) is 11.6 Å². The molecule has 172 valence electrons. The molecule has 0 radical (unpaired) electrons. The molecular formula is C23H28N8O2. The number of aromatic nitrogens is 3. The van der Waals surface area contributed by atoms with Crippen LogP contribution in [0.15, 0.2) is 48.9 Å². The van der Waals surface area contributed by atoms with E-state index in [4.69, 9.17) is 0 Å². The van der Waals surface area contributed by atoms with Crippen LogP contribution >= 0.6 is 0 Å². The Hall–Kier alpha value is -3.66. The molecular weight excluding hydrogens is 420 g/mol. The van der Waals surface area contributed by atoms with Crippen LogP contribution in [0.5, 0.6) is 0 Å². The average Bonchev–Trinajstić information content (AvgIpc) is 3.34. The number of nitrogens with one attached hydrogen (secondary N) is 2. The lowest BCUT2D eigenvalue weighted by atomic mass is 10.2. The van der Waals surface area contributed by atoms with E-state index in [9.17, 15) is 9.59 Å². The number of amides is 3. The number of urea groups is 1. The van der Waals surface area contributed by atoms with Gasteiger partial charge in [-0.15, -0.1) is 0 Å². The van der Waals surface area contributed by atoms with Crippen LogP contribution in [-0.2, 0) is 4.79 Å². The van der Waals surface area contributed by atoms with E-state index in [1.54, 1.807) is 17.4 Å². The maximum absolute atomic E-state index is 12.9. The molecule has 2 N–H and O–H groups in total. The molecule has 33 heavy (non-hydrogen) atoms. The van der Waals surface area contributed by atoms with Crippen LogP contribution < -0.4 is 10.2 Å². The van der Waals surface area contributed by atoms with Gasteiger partial charge in [-0.2, -0.15) is 0 Å². The molecule has 2 fully saturated rings. The van der Waals surface area contributed by atoms with Gasteiger partial charge < -0.3 is 25.0 Å². The third-order valence-electron chi connectivity index (χ3n) is 6.30. The number of fused-ring (bicyclic) bond motifs is 1. The lowest BCUT2D eigenvalue weighted by molar-refractivity contribution is -0.133. The van der Waals surface area contributed by atoms with E-state index >= 15 is 0 Å². The highest BCUT2D eigenvalue weighted by molar-refractivity contribution is 5.89. The Labute approximate surface area is 192 Å². The van der Waals surface area contributed by atoms with E-state index in [2.05, 4.69) is 30.1 Å². The molecule has 1 aromatic rings. The van der Waals surface area contributed by atoms with E-state index < -0.39 is 0 Å². The lowest BCUT2D eigenvalue weighted by Crippen LogP contribution is -2.55. The van der Waals surface area contributed by atoms with Crippen LogP contribution in [0.25, 0.3) is 11.4 Å². The maximum atomic E-state index is 12.9. The van der Waals surface area contributed by atoms with E-state index in [1.165, 1.54) is 0 Å². The Balaban J connectivity index is 1.07. The van der Waals surface area contributed by atoms with Crippen LogP contribution in [0.4, 0.5) is 16.3 Å². The molecule has 4 aliphatic heterocycles. The SMILES string of the molecule is O=C(CN1CCN(c2nc[nH]c3nccc2-3)CC1)N1CCN(C(=O)Nc2ccccc2)CC1. The fourth-order valence-electron chi connectivity index (χ4n) is 4.40. The average molecular weight is 449 g/mol. The molecule has 0 aliphatic carbocycles. The molecule has 2 saturated heterocycles. The highest BCUT2D eigenvalue weighted by atomic mass is 16.2. The van der Waals surface area contributed by atoms with Crippen molar-refractivity contribution in [3.8, 4) is 11.4 Å². The summed E-state index contributed by atoms with van der Waals surface area (Å²) >= 11 is 0. The van der Waals surface area contributed by atoms with Crippen LogP contribution in [0.3, 0.4) is 0 Å². The predicted molar refractivity (Wildman–Crippen MR) is 125 cm³/mol. The van der Waals surface area contributed by atoms with Crippen molar-refractivity contribution in [2.75, 3.05) is 69.1 Å². The summed E-state index contributed by atoms with van der Waals surface area (Å²) in [5, 5.41) is 2.91. The number of benzene rings is 1. The summed E-state index contributed by atoms with van der Waals surface area (Å²) in [5.41, 5.74) is 1.80. The highest BCUT2D eigenvalue weighted by Crippen LogP contribution is 2.28. The smallest absolute Gasteiger partial charge is 0.321 e. The number of carbonyl (C=O) groups is 2. The molecule has 3 amide bonds. The highest BCUT2D eigenvalue weighted by Gasteiger charge is 2.27. The van der Waals surface area contributed by atoms with Crippen LogP contribution in [0.1, 0.15) is 0 Å². The van der Waals surface area contributed by atoms with Crippen molar-refractivity contribution < 1.29 is 9.59 Å². The second-order valence-electron chi connectivity index (χ2n) is 8.36. The van der Waals surface area contributed by atoms with Gasteiger partial charge in [0.05, 0.1) is 18.4 Å².